The first-order valence-electron chi connectivity index (χ1n) is 9.28. The monoisotopic (exact) mass is 502 g/mol. The number of rotatable bonds is 7. The third-order valence-electron chi connectivity index (χ3n) is 4.27. The van der Waals surface area contributed by atoms with Crippen LogP contribution in [0.4, 0.5) is 5.69 Å². The molecular formula is C23H16Cl2N2O5S. The van der Waals surface area contributed by atoms with Crippen LogP contribution >= 0.6 is 23.2 Å². The molecule has 0 spiro atoms. The molecule has 3 rings (SSSR count). The maximum absolute atomic E-state index is 12.5. The summed E-state index contributed by atoms with van der Waals surface area (Å²) in [6.07, 6.45) is 1.34. The van der Waals surface area contributed by atoms with Crippen LogP contribution in [0.3, 0.4) is 0 Å². The van der Waals surface area contributed by atoms with Gasteiger partial charge in [0.1, 0.15) is 16.5 Å². The fourth-order valence-electron chi connectivity index (χ4n) is 2.66. The highest BCUT2D eigenvalue weighted by Gasteiger charge is 2.19. The Balaban J connectivity index is 1.83. The Kier molecular flexibility index (Phi) is 7.61. The molecule has 0 aliphatic rings. The molecule has 0 saturated carbocycles. The number of amides is 1. The largest absolute Gasteiger partial charge is 0.493 e. The number of ether oxygens (including phenoxy) is 1. The highest BCUT2D eigenvalue weighted by molar-refractivity contribution is 7.87. The van der Waals surface area contributed by atoms with Gasteiger partial charge in [-0.3, -0.25) is 4.79 Å². The fourth-order valence-corrected chi connectivity index (χ4v) is 3.85. The van der Waals surface area contributed by atoms with Gasteiger partial charge in [0.2, 0.25) is 0 Å². The summed E-state index contributed by atoms with van der Waals surface area (Å²) in [4.78, 5) is 12.4. The Bertz CT molecular complexity index is 1350. The molecule has 168 valence electrons. The highest BCUT2D eigenvalue weighted by Crippen LogP contribution is 2.32. The molecule has 0 aliphatic heterocycles. The van der Waals surface area contributed by atoms with Crippen LogP contribution < -0.4 is 14.2 Å². The second-order valence-electron chi connectivity index (χ2n) is 6.53. The molecule has 0 fully saturated rings. The van der Waals surface area contributed by atoms with Gasteiger partial charge in [-0.25, -0.2) is 0 Å². The average molecular weight is 503 g/mol. The van der Waals surface area contributed by atoms with Crippen molar-refractivity contribution in [3.8, 4) is 17.6 Å². The van der Waals surface area contributed by atoms with Crippen molar-refractivity contribution in [1.29, 1.82) is 5.26 Å². The van der Waals surface area contributed by atoms with E-state index in [4.69, 9.17) is 32.1 Å². The van der Waals surface area contributed by atoms with E-state index in [-0.39, 0.29) is 22.0 Å². The molecule has 3 aromatic carbocycles. The minimum Gasteiger partial charge on any atom is -0.493 e. The minimum atomic E-state index is -4.13. The number of nitriles is 1. The van der Waals surface area contributed by atoms with Gasteiger partial charge in [0.15, 0.2) is 11.5 Å². The van der Waals surface area contributed by atoms with Crippen molar-refractivity contribution in [2.45, 2.75) is 4.90 Å². The van der Waals surface area contributed by atoms with Gasteiger partial charge in [-0.05, 0) is 72.3 Å². The zero-order valence-corrected chi connectivity index (χ0v) is 19.4. The predicted molar refractivity (Wildman–Crippen MR) is 126 cm³/mol. The Hall–Kier alpha value is -3.51. The maximum atomic E-state index is 12.5. The standard InChI is InChI=1S/C23H16Cl2N2O5S/c1-31-22-13-15(12-16(14-26)23(28)27-19-7-3-17(24)4-8-19)2-11-21(22)32-33(29,30)20-9-5-18(25)6-10-20/h2-13H,1H3,(H,27,28)/b16-12+. The van der Waals surface area contributed by atoms with E-state index in [9.17, 15) is 18.5 Å². The van der Waals surface area contributed by atoms with Crippen molar-refractivity contribution >= 4 is 51.0 Å². The fraction of sp³-hybridized carbons (Fsp3) is 0.0435. The molecule has 0 bridgehead atoms. The molecule has 0 unspecified atom stereocenters. The molecule has 7 nitrogen and oxygen atoms in total. The topological polar surface area (TPSA) is 105 Å². The molecule has 3 aromatic rings. The van der Waals surface area contributed by atoms with Crippen LogP contribution in [0.5, 0.6) is 11.5 Å². The minimum absolute atomic E-state index is 0.0614. The lowest BCUT2D eigenvalue weighted by molar-refractivity contribution is -0.112. The first-order chi connectivity index (χ1) is 15.7. The normalized spacial score (nSPS) is 11.4. The summed E-state index contributed by atoms with van der Waals surface area (Å²) < 4.78 is 35.5. The second kappa shape index (κ2) is 10.4. The van der Waals surface area contributed by atoms with Gasteiger partial charge in [0.05, 0.1) is 7.11 Å². The molecule has 0 radical (unpaired) electrons. The highest BCUT2D eigenvalue weighted by atomic mass is 35.5. The number of hydrogen-bond acceptors (Lipinski definition) is 6. The van der Waals surface area contributed by atoms with Crippen molar-refractivity contribution in [3.63, 3.8) is 0 Å². The number of benzene rings is 3. The zero-order chi connectivity index (χ0) is 24.0. The second-order valence-corrected chi connectivity index (χ2v) is 8.95. The van der Waals surface area contributed by atoms with Crippen LogP contribution in [0.15, 0.2) is 77.2 Å². The molecular weight excluding hydrogens is 487 g/mol. The molecule has 0 atom stereocenters. The lowest BCUT2D eigenvalue weighted by atomic mass is 10.1. The van der Waals surface area contributed by atoms with E-state index in [1.54, 1.807) is 24.3 Å². The Morgan fingerprint density at radius 2 is 1.58 bits per heavy atom. The van der Waals surface area contributed by atoms with Crippen molar-refractivity contribution in [2.75, 3.05) is 12.4 Å². The molecule has 0 saturated heterocycles. The van der Waals surface area contributed by atoms with Crippen LogP contribution in [-0.2, 0) is 14.9 Å². The Morgan fingerprint density at radius 1 is 0.970 bits per heavy atom. The van der Waals surface area contributed by atoms with E-state index in [0.29, 0.717) is 21.3 Å². The summed E-state index contributed by atoms with van der Waals surface area (Å²) in [5.41, 5.74) is 0.722. The average Bonchev–Trinajstić information content (AvgIpc) is 2.79. The molecule has 0 aliphatic carbocycles. The van der Waals surface area contributed by atoms with Crippen molar-refractivity contribution in [2.24, 2.45) is 0 Å². The van der Waals surface area contributed by atoms with E-state index in [1.165, 1.54) is 55.7 Å². The molecule has 33 heavy (non-hydrogen) atoms. The molecule has 1 N–H and O–H groups in total. The number of carbonyl (C=O) groups is 1. The van der Waals surface area contributed by atoms with Crippen LogP contribution in [0.2, 0.25) is 10.0 Å². The number of methoxy groups -OCH3 is 1. The predicted octanol–water partition coefficient (Wildman–Crippen LogP) is 5.32. The van der Waals surface area contributed by atoms with Gasteiger partial charge < -0.3 is 14.2 Å². The summed E-state index contributed by atoms with van der Waals surface area (Å²) in [6.45, 7) is 0. The molecule has 0 heterocycles. The van der Waals surface area contributed by atoms with E-state index in [2.05, 4.69) is 5.32 Å². The number of halogens is 2. The lowest BCUT2D eigenvalue weighted by Crippen LogP contribution is -2.13. The van der Waals surface area contributed by atoms with Crippen LogP contribution in [0.25, 0.3) is 6.08 Å². The van der Waals surface area contributed by atoms with Crippen molar-refractivity contribution < 1.29 is 22.1 Å². The SMILES string of the molecule is COc1cc(/C=C(\C#N)C(=O)Nc2ccc(Cl)cc2)ccc1OS(=O)(=O)c1ccc(Cl)cc1. The van der Waals surface area contributed by atoms with Crippen LogP contribution in [0, 0.1) is 11.3 Å². The van der Waals surface area contributed by atoms with Crippen LogP contribution in [0.1, 0.15) is 5.56 Å². The summed E-state index contributed by atoms with van der Waals surface area (Å²) >= 11 is 11.6. The molecule has 10 heteroatoms. The summed E-state index contributed by atoms with van der Waals surface area (Å²) in [5.74, 6) is -0.588. The first-order valence-corrected chi connectivity index (χ1v) is 11.4. The van der Waals surface area contributed by atoms with E-state index in [1.807, 2.05) is 6.07 Å². The lowest BCUT2D eigenvalue weighted by Gasteiger charge is -2.11. The Morgan fingerprint density at radius 3 is 2.15 bits per heavy atom. The number of nitrogens with one attached hydrogen (secondary N) is 1. The van der Waals surface area contributed by atoms with Gasteiger partial charge in [0, 0.05) is 15.7 Å². The number of hydrogen-bond donors (Lipinski definition) is 1. The van der Waals surface area contributed by atoms with Crippen molar-refractivity contribution in [3.05, 3.63) is 87.9 Å². The maximum Gasteiger partial charge on any atom is 0.339 e. The van der Waals surface area contributed by atoms with Crippen LogP contribution in [-0.4, -0.2) is 21.4 Å². The third kappa shape index (κ3) is 6.26. The van der Waals surface area contributed by atoms with E-state index in [0.717, 1.165) is 0 Å². The quantitative estimate of drug-likeness (QED) is 0.266. The Labute approximate surface area is 200 Å². The number of anilines is 1. The summed E-state index contributed by atoms with van der Waals surface area (Å²) in [6, 6.07) is 18.1. The molecule has 0 aromatic heterocycles. The van der Waals surface area contributed by atoms with Gasteiger partial charge >= 0.3 is 10.1 Å². The summed E-state index contributed by atoms with van der Waals surface area (Å²) in [7, 11) is -2.80. The number of carbonyl (C=O) groups excluding carboxylic acids is 1. The zero-order valence-electron chi connectivity index (χ0n) is 17.1. The van der Waals surface area contributed by atoms with Gasteiger partial charge in [0.25, 0.3) is 5.91 Å². The third-order valence-corrected chi connectivity index (χ3v) is 6.02. The van der Waals surface area contributed by atoms with Gasteiger partial charge in [-0.1, -0.05) is 29.3 Å². The van der Waals surface area contributed by atoms with E-state index < -0.39 is 16.0 Å². The van der Waals surface area contributed by atoms with Crippen molar-refractivity contribution in [1.82, 2.24) is 0 Å². The smallest absolute Gasteiger partial charge is 0.339 e. The number of nitrogens with zero attached hydrogens (tertiary/aromatic N) is 1. The first kappa shape index (κ1) is 24.1. The molecule has 1 amide bonds. The van der Waals surface area contributed by atoms with Gasteiger partial charge in [-0.2, -0.15) is 13.7 Å². The summed E-state index contributed by atoms with van der Waals surface area (Å²) in [5, 5.41) is 12.9. The van der Waals surface area contributed by atoms with Gasteiger partial charge in [-0.15, -0.1) is 0 Å². The van der Waals surface area contributed by atoms with E-state index >= 15 is 0 Å².